The molecule has 1 heterocycles. The van der Waals surface area contributed by atoms with E-state index in [1.807, 2.05) is 24.3 Å². The van der Waals surface area contributed by atoms with Crippen LogP contribution in [0, 0.1) is 0 Å². The van der Waals surface area contributed by atoms with Gasteiger partial charge in [-0.25, -0.2) is 8.42 Å². The van der Waals surface area contributed by atoms with Gasteiger partial charge in [-0.05, 0) is 30.7 Å². The molecule has 0 saturated carbocycles. The number of sulfone groups is 1. The van der Waals surface area contributed by atoms with E-state index in [0.717, 1.165) is 11.4 Å². The van der Waals surface area contributed by atoms with Crippen LogP contribution < -0.4 is 15.0 Å². The monoisotopic (exact) mass is 383 g/mol. The zero-order valence-corrected chi connectivity index (χ0v) is 15.9. The summed E-state index contributed by atoms with van der Waals surface area (Å²) in [6.45, 7) is 3.74. The molecular weight excluding hydrogens is 358 g/mol. The molecule has 0 spiro atoms. The molecular formula is C17H25N3O5S. The Morgan fingerprint density at radius 3 is 2.27 bits per heavy atom. The van der Waals surface area contributed by atoms with Gasteiger partial charge in [0.15, 0.2) is 0 Å². The minimum Gasteiger partial charge on any atom is -0.497 e. The molecule has 0 bridgehead atoms. The molecule has 1 saturated heterocycles. The first-order chi connectivity index (χ1) is 12.4. The normalized spacial score (nSPS) is 14.8. The van der Waals surface area contributed by atoms with E-state index in [1.54, 1.807) is 18.9 Å². The van der Waals surface area contributed by atoms with Gasteiger partial charge in [-0.15, -0.1) is 0 Å². The van der Waals surface area contributed by atoms with E-state index in [0.29, 0.717) is 32.6 Å². The number of hydrogen-bond acceptors (Lipinski definition) is 6. The highest BCUT2D eigenvalue weighted by Gasteiger charge is 2.24. The summed E-state index contributed by atoms with van der Waals surface area (Å²) < 4.78 is 28.4. The van der Waals surface area contributed by atoms with Gasteiger partial charge in [0, 0.05) is 31.9 Å². The lowest BCUT2D eigenvalue weighted by Gasteiger charge is -2.36. The molecule has 0 aromatic heterocycles. The van der Waals surface area contributed by atoms with Crippen molar-refractivity contribution in [3.8, 4) is 5.75 Å². The maximum absolute atomic E-state index is 12.2. The van der Waals surface area contributed by atoms with Crippen LogP contribution in [0.2, 0.25) is 0 Å². The zero-order chi connectivity index (χ0) is 19.2. The second kappa shape index (κ2) is 8.88. The molecule has 1 N–H and O–H groups in total. The first kappa shape index (κ1) is 20.0. The Hall–Kier alpha value is -2.29. The van der Waals surface area contributed by atoms with E-state index in [2.05, 4.69) is 10.2 Å². The number of hydrogen-bond donors (Lipinski definition) is 1. The molecule has 26 heavy (non-hydrogen) atoms. The van der Waals surface area contributed by atoms with Crippen molar-refractivity contribution < 1.29 is 22.7 Å². The van der Waals surface area contributed by atoms with Crippen molar-refractivity contribution in [3.63, 3.8) is 0 Å². The third kappa shape index (κ3) is 5.10. The third-order valence-corrected chi connectivity index (χ3v) is 5.86. The van der Waals surface area contributed by atoms with E-state index in [9.17, 15) is 18.0 Å². The highest BCUT2D eigenvalue weighted by atomic mass is 32.2. The lowest BCUT2D eigenvalue weighted by atomic mass is 10.2. The Morgan fingerprint density at radius 2 is 1.73 bits per heavy atom. The van der Waals surface area contributed by atoms with Gasteiger partial charge in [0.1, 0.15) is 5.75 Å². The van der Waals surface area contributed by atoms with Crippen LogP contribution in [0.3, 0.4) is 0 Å². The lowest BCUT2D eigenvalue weighted by Crippen LogP contribution is -2.51. The van der Waals surface area contributed by atoms with E-state index in [4.69, 9.17) is 4.74 Å². The molecule has 9 heteroatoms. The summed E-state index contributed by atoms with van der Waals surface area (Å²) in [5.41, 5.74) is 1.05. The molecule has 1 aromatic carbocycles. The number of nitrogens with one attached hydrogen (secondary N) is 1. The van der Waals surface area contributed by atoms with Crippen molar-refractivity contribution in [2.24, 2.45) is 0 Å². The molecule has 0 aliphatic carbocycles. The smallest absolute Gasteiger partial charge is 0.336 e. The molecule has 0 radical (unpaired) electrons. The Bertz CT molecular complexity index is 725. The van der Waals surface area contributed by atoms with E-state index < -0.39 is 15.1 Å². The Morgan fingerprint density at radius 1 is 1.12 bits per heavy atom. The fraction of sp³-hybridized carbons (Fsp3) is 0.529. The van der Waals surface area contributed by atoms with Gasteiger partial charge < -0.3 is 19.9 Å². The predicted octanol–water partition coefficient (Wildman–Crippen LogP) is 0.878. The van der Waals surface area contributed by atoms with Crippen molar-refractivity contribution in [1.29, 1.82) is 0 Å². The van der Waals surface area contributed by atoms with Gasteiger partial charge in [-0.1, -0.05) is 6.92 Å². The minimum absolute atomic E-state index is 0.215. The molecule has 1 aliphatic heterocycles. The second-order valence-electron chi connectivity index (χ2n) is 6.03. The molecule has 1 aliphatic rings. The van der Waals surface area contributed by atoms with Crippen LogP contribution in [0.25, 0.3) is 0 Å². The minimum atomic E-state index is -3.83. The Kier molecular flexibility index (Phi) is 6.84. The summed E-state index contributed by atoms with van der Waals surface area (Å²) >= 11 is 0. The molecule has 144 valence electrons. The number of anilines is 1. The molecule has 2 amide bonds. The standard InChI is InChI=1S/C17H25N3O5S/c1-3-12-26(23,24)17(22)18-13-16(21)20-10-8-19(9-11-20)14-4-6-15(25-2)7-5-14/h4-7H,3,8-13H2,1-2H3,(H,18,22). The second-order valence-corrected chi connectivity index (χ2v) is 8.03. The predicted molar refractivity (Wildman–Crippen MR) is 99.3 cm³/mol. The summed E-state index contributed by atoms with van der Waals surface area (Å²) in [6, 6.07) is 7.71. The fourth-order valence-corrected chi connectivity index (χ4v) is 3.75. The summed E-state index contributed by atoms with van der Waals surface area (Å²) in [6.07, 6.45) is 0.358. The number of carbonyl (C=O) groups is 2. The fourth-order valence-electron chi connectivity index (χ4n) is 2.74. The zero-order valence-electron chi connectivity index (χ0n) is 15.1. The summed E-state index contributed by atoms with van der Waals surface area (Å²) in [5, 5.41) is 1.14. The largest absolute Gasteiger partial charge is 0.497 e. The van der Waals surface area contributed by atoms with Crippen LogP contribution >= 0.6 is 0 Å². The quantitative estimate of drug-likeness (QED) is 0.783. The number of benzene rings is 1. The van der Waals surface area contributed by atoms with Crippen molar-refractivity contribution in [2.75, 3.05) is 50.5 Å². The van der Waals surface area contributed by atoms with Gasteiger partial charge in [0.05, 0.1) is 19.4 Å². The van der Waals surface area contributed by atoms with Crippen molar-refractivity contribution in [2.45, 2.75) is 13.3 Å². The SMILES string of the molecule is CCCS(=O)(=O)C(=O)NCC(=O)N1CCN(c2ccc(OC)cc2)CC1. The van der Waals surface area contributed by atoms with Crippen molar-refractivity contribution in [3.05, 3.63) is 24.3 Å². The van der Waals surface area contributed by atoms with Crippen LogP contribution in [0.5, 0.6) is 5.75 Å². The van der Waals surface area contributed by atoms with E-state index >= 15 is 0 Å². The van der Waals surface area contributed by atoms with Gasteiger partial charge in [-0.2, -0.15) is 0 Å². The third-order valence-electron chi connectivity index (χ3n) is 4.21. The number of piperazine rings is 1. The highest BCUT2D eigenvalue weighted by molar-refractivity contribution is 8.06. The average Bonchev–Trinajstić information content (AvgIpc) is 2.66. The molecule has 1 fully saturated rings. The van der Waals surface area contributed by atoms with Crippen LogP contribution in [0.1, 0.15) is 13.3 Å². The first-order valence-electron chi connectivity index (χ1n) is 8.54. The maximum atomic E-state index is 12.2. The summed E-state index contributed by atoms with van der Waals surface area (Å²) in [4.78, 5) is 27.6. The number of methoxy groups -OCH3 is 1. The van der Waals surface area contributed by atoms with Gasteiger partial charge in [0.2, 0.25) is 15.7 Å². The summed E-state index contributed by atoms with van der Waals surface area (Å²) in [5.74, 6) is 0.295. The Balaban J connectivity index is 1.81. The first-order valence-corrected chi connectivity index (χ1v) is 10.2. The van der Waals surface area contributed by atoms with Crippen LogP contribution in [0.4, 0.5) is 10.5 Å². The number of rotatable bonds is 6. The molecule has 0 unspecified atom stereocenters. The van der Waals surface area contributed by atoms with Crippen LogP contribution in [-0.4, -0.2) is 70.1 Å². The molecule has 8 nitrogen and oxygen atoms in total. The van der Waals surface area contributed by atoms with Gasteiger partial charge in [-0.3, -0.25) is 9.59 Å². The summed E-state index contributed by atoms with van der Waals surface area (Å²) in [7, 11) is -2.21. The molecule has 1 aromatic rings. The number of carbonyl (C=O) groups excluding carboxylic acids is 2. The van der Waals surface area contributed by atoms with E-state index in [1.165, 1.54) is 0 Å². The lowest BCUT2D eigenvalue weighted by molar-refractivity contribution is -0.130. The molecule has 2 rings (SSSR count). The average molecular weight is 383 g/mol. The maximum Gasteiger partial charge on any atom is 0.336 e. The van der Waals surface area contributed by atoms with Gasteiger partial charge in [0.25, 0.3) is 0 Å². The Labute approximate surface area is 154 Å². The number of ether oxygens (including phenoxy) is 1. The topological polar surface area (TPSA) is 96.0 Å². The molecule has 0 atom stereocenters. The number of amides is 2. The van der Waals surface area contributed by atoms with Crippen molar-refractivity contribution >= 4 is 26.7 Å². The van der Waals surface area contributed by atoms with Crippen molar-refractivity contribution in [1.82, 2.24) is 10.2 Å². The van der Waals surface area contributed by atoms with Crippen LogP contribution in [0.15, 0.2) is 24.3 Å². The number of nitrogens with zero attached hydrogens (tertiary/aromatic N) is 2. The van der Waals surface area contributed by atoms with Gasteiger partial charge >= 0.3 is 5.24 Å². The van der Waals surface area contributed by atoms with E-state index in [-0.39, 0.29) is 18.2 Å². The van der Waals surface area contributed by atoms with Crippen LogP contribution in [-0.2, 0) is 14.6 Å². The highest BCUT2D eigenvalue weighted by Crippen LogP contribution is 2.20.